The van der Waals surface area contributed by atoms with Crippen LogP contribution < -0.4 is 15.4 Å². The monoisotopic (exact) mass is 346 g/mol. The summed E-state index contributed by atoms with van der Waals surface area (Å²) in [5, 5.41) is 5.91. The van der Waals surface area contributed by atoms with Gasteiger partial charge in [0.2, 0.25) is 5.91 Å². The number of hydrogen-bond acceptors (Lipinski definition) is 3. The highest BCUT2D eigenvalue weighted by Gasteiger charge is 2.14. The first-order valence-electron chi connectivity index (χ1n) is 7.49. The minimum atomic E-state index is -0.310. The number of anilines is 1. The molecule has 2 N–H and O–H groups in total. The summed E-state index contributed by atoms with van der Waals surface area (Å²) in [6.07, 6.45) is 0.140. The molecule has 0 aliphatic rings. The Labute approximate surface area is 146 Å². The highest BCUT2D eigenvalue weighted by Crippen LogP contribution is 2.26. The summed E-state index contributed by atoms with van der Waals surface area (Å²) in [6.45, 7) is 1.77. The van der Waals surface area contributed by atoms with Crippen molar-refractivity contribution in [2.75, 3.05) is 12.4 Å². The van der Waals surface area contributed by atoms with E-state index >= 15 is 0 Å². The van der Waals surface area contributed by atoms with Gasteiger partial charge in [-0.25, -0.2) is 0 Å². The van der Waals surface area contributed by atoms with Crippen molar-refractivity contribution in [3.63, 3.8) is 0 Å². The molecule has 2 aromatic carbocycles. The Morgan fingerprint density at radius 2 is 1.88 bits per heavy atom. The molecule has 1 unspecified atom stereocenters. The molecule has 0 aliphatic carbocycles. The van der Waals surface area contributed by atoms with Gasteiger partial charge in [-0.1, -0.05) is 29.8 Å². The first-order valence-corrected chi connectivity index (χ1v) is 7.86. The topological polar surface area (TPSA) is 67.4 Å². The van der Waals surface area contributed by atoms with Crippen LogP contribution in [0.1, 0.15) is 23.7 Å². The van der Waals surface area contributed by atoms with E-state index in [9.17, 15) is 9.59 Å². The number of halogens is 1. The van der Waals surface area contributed by atoms with E-state index in [-0.39, 0.29) is 24.3 Å². The van der Waals surface area contributed by atoms with Gasteiger partial charge in [0.05, 0.1) is 17.8 Å². The third-order valence-electron chi connectivity index (χ3n) is 3.36. The van der Waals surface area contributed by atoms with E-state index in [0.29, 0.717) is 22.0 Å². The lowest BCUT2D eigenvalue weighted by Crippen LogP contribution is -2.35. The number of carbonyl (C=O) groups excluding carboxylic acids is 2. The third-order valence-corrected chi connectivity index (χ3v) is 3.67. The Morgan fingerprint density at radius 1 is 1.17 bits per heavy atom. The molecular formula is C18H19ClN2O3. The van der Waals surface area contributed by atoms with Gasteiger partial charge in [-0.15, -0.1) is 0 Å². The van der Waals surface area contributed by atoms with Crippen molar-refractivity contribution >= 4 is 29.1 Å². The van der Waals surface area contributed by atoms with E-state index in [1.54, 1.807) is 56.5 Å². The fourth-order valence-corrected chi connectivity index (χ4v) is 2.37. The second-order valence-corrected chi connectivity index (χ2v) is 5.75. The van der Waals surface area contributed by atoms with Gasteiger partial charge in [0.25, 0.3) is 5.91 Å². The Hall–Kier alpha value is -2.53. The van der Waals surface area contributed by atoms with E-state index in [2.05, 4.69) is 10.6 Å². The van der Waals surface area contributed by atoms with Crippen LogP contribution in [0.4, 0.5) is 5.69 Å². The summed E-state index contributed by atoms with van der Waals surface area (Å²) >= 11 is 6.09. The molecule has 0 aromatic heterocycles. The summed E-state index contributed by atoms with van der Waals surface area (Å²) in [5.74, 6) is 0.169. The Balaban J connectivity index is 1.89. The first-order chi connectivity index (χ1) is 11.5. The summed E-state index contributed by atoms with van der Waals surface area (Å²) in [4.78, 5) is 24.1. The van der Waals surface area contributed by atoms with E-state index in [1.807, 2.05) is 6.07 Å². The predicted octanol–water partition coefficient (Wildman–Crippen LogP) is 3.50. The second-order valence-electron chi connectivity index (χ2n) is 5.34. The average molecular weight is 347 g/mol. The number of hydrogen-bond donors (Lipinski definition) is 2. The van der Waals surface area contributed by atoms with Crippen LogP contribution in [0.15, 0.2) is 48.5 Å². The molecule has 0 saturated carbocycles. The number of methoxy groups -OCH3 is 1. The molecule has 0 bridgehead atoms. The molecule has 0 saturated heterocycles. The molecule has 2 rings (SSSR count). The van der Waals surface area contributed by atoms with Crippen molar-refractivity contribution < 1.29 is 14.3 Å². The smallest absolute Gasteiger partial charge is 0.251 e. The molecule has 6 heteroatoms. The third kappa shape index (κ3) is 4.99. The zero-order chi connectivity index (χ0) is 17.5. The van der Waals surface area contributed by atoms with Crippen LogP contribution in [0.3, 0.4) is 0 Å². The van der Waals surface area contributed by atoms with Gasteiger partial charge in [0.15, 0.2) is 0 Å². The van der Waals surface area contributed by atoms with Crippen molar-refractivity contribution in [1.82, 2.24) is 5.32 Å². The molecule has 2 amide bonds. The van der Waals surface area contributed by atoms with E-state index in [4.69, 9.17) is 16.3 Å². The van der Waals surface area contributed by atoms with Crippen LogP contribution in [-0.2, 0) is 4.79 Å². The van der Waals surface area contributed by atoms with Gasteiger partial charge in [-0.05, 0) is 31.2 Å². The lowest BCUT2D eigenvalue weighted by atomic mass is 10.1. The Kier molecular flexibility index (Phi) is 6.21. The highest BCUT2D eigenvalue weighted by atomic mass is 35.5. The summed E-state index contributed by atoms with van der Waals surface area (Å²) in [5.41, 5.74) is 1.06. The molecule has 0 fully saturated rings. The first kappa shape index (κ1) is 17.8. The normalized spacial score (nSPS) is 11.5. The number of ether oxygens (including phenoxy) is 1. The molecule has 0 radical (unpaired) electrons. The Morgan fingerprint density at radius 3 is 2.50 bits per heavy atom. The van der Waals surface area contributed by atoms with Gasteiger partial charge in [-0.3, -0.25) is 9.59 Å². The fourth-order valence-electron chi connectivity index (χ4n) is 2.15. The van der Waals surface area contributed by atoms with Crippen molar-refractivity contribution in [3.8, 4) is 5.75 Å². The number of carbonyl (C=O) groups is 2. The summed E-state index contributed by atoms with van der Waals surface area (Å²) < 4.78 is 5.06. The van der Waals surface area contributed by atoms with Gasteiger partial charge in [0.1, 0.15) is 5.75 Å². The number of amides is 2. The standard InChI is InChI=1S/C18H19ClN2O3/c1-12(20-18(23)13-6-4-3-5-7-13)10-17(22)21-16-9-8-14(24-2)11-15(16)19/h3-9,11-12H,10H2,1-2H3,(H,20,23)(H,21,22). The molecule has 0 heterocycles. The van der Waals surface area contributed by atoms with Crippen LogP contribution in [0, 0.1) is 0 Å². The molecule has 24 heavy (non-hydrogen) atoms. The highest BCUT2D eigenvalue weighted by molar-refractivity contribution is 6.33. The van der Waals surface area contributed by atoms with Crippen LogP contribution >= 0.6 is 11.6 Å². The van der Waals surface area contributed by atoms with Gasteiger partial charge in [0, 0.05) is 24.1 Å². The molecule has 0 spiro atoms. The zero-order valence-corrected chi connectivity index (χ0v) is 14.3. The minimum absolute atomic E-state index is 0.140. The van der Waals surface area contributed by atoms with Gasteiger partial charge < -0.3 is 15.4 Å². The van der Waals surface area contributed by atoms with E-state index < -0.39 is 0 Å². The lowest BCUT2D eigenvalue weighted by Gasteiger charge is -2.14. The predicted molar refractivity (Wildman–Crippen MR) is 94.6 cm³/mol. The largest absolute Gasteiger partial charge is 0.497 e. The zero-order valence-electron chi connectivity index (χ0n) is 13.5. The maximum atomic E-state index is 12.1. The molecule has 5 nitrogen and oxygen atoms in total. The van der Waals surface area contributed by atoms with E-state index in [0.717, 1.165) is 0 Å². The SMILES string of the molecule is COc1ccc(NC(=O)CC(C)NC(=O)c2ccccc2)c(Cl)c1. The van der Waals surface area contributed by atoms with Crippen molar-refractivity contribution in [1.29, 1.82) is 0 Å². The molecule has 126 valence electrons. The van der Waals surface area contributed by atoms with Crippen molar-refractivity contribution in [2.45, 2.75) is 19.4 Å². The van der Waals surface area contributed by atoms with Crippen LogP contribution in [-0.4, -0.2) is 25.0 Å². The van der Waals surface area contributed by atoms with Gasteiger partial charge in [-0.2, -0.15) is 0 Å². The summed E-state index contributed by atoms with van der Waals surface area (Å²) in [7, 11) is 1.54. The summed E-state index contributed by atoms with van der Waals surface area (Å²) in [6, 6.07) is 13.6. The van der Waals surface area contributed by atoms with Crippen LogP contribution in [0.25, 0.3) is 0 Å². The average Bonchev–Trinajstić information content (AvgIpc) is 2.57. The number of benzene rings is 2. The molecule has 1 atom stereocenters. The van der Waals surface area contributed by atoms with Gasteiger partial charge >= 0.3 is 0 Å². The van der Waals surface area contributed by atoms with Crippen LogP contribution in [0.2, 0.25) is 5.02 Å². The van der Waals surface area contributed by atoms with Crippen LogP contribution in [0.5, 0.6) is 5.75 Å². The molecule has 2 aromatic rings. The van der Waals surface area contributed by atoms with Crippen molar-refractivity contribution in [2.24, 2.45) is 0 Å². The maximum absolute atomic E-state index is 12.1. The lowest BCUT2D eigenvalue weighted by molar-refractivity contribution is -0.116. The molecular weight excluding hydrogens is 328 g/mol. The quantitative estimate of drug-likeness (QED) is 0.841. The van der Waals surface area contributed by atoms with E-state index in [1.165, 1.54) is 0 Å². The Bertz CT molecular complexity index is 719. The number of nitrogens with one attached hydrogen (secondary N) is 2. The molecule has 0 aliphatic heterocycles. The number of rotatable bonds is 6. The fraction of sp³-hybridized carbons (Fsp3) is 0.222. The maximum Gasteiger partial charge on any atom is 0.251 e. The second kappa shape index (κ2) is 8.36. The minimum Gasteiger partial charge on any atom is -0.497 e. The van der Waals surface area contributed by atoms with Crippen molar-refractivity contribution in [3.05, 3.63) is 59.1 Å².